The summed E-state index contributed by atoms with van der Waals surface area (Å²) in [6, 6.07) is -1.73. The van der Waals surface area contributed by atoms with E-state index in [1.165, 1.54) is 12.8 Å². The minimum atomic E-state index is -0.913. The smallest absolute Gasteiger partial charge is 0.415 e. The number of ether oxygens (including phenoxy) is 2. The van der Waals surface area contributed by atoms with Crippen molar-refractivity contribution in [3.05, 3.63) is 0 Å². The topological polar surface area (TPSA) is 220 Å². The summed E-state index contributed by atoms with van der Waals surface area (Å²) in [6.45, 7) is 13.8. The van der Waals surface area contributed by atoms with Gasteiger partial charge in [0.1, 0.15) is 18.1 Å². The van der Waals surface area contributed by atoms with Crippen LogP contribution >= 0.6 is 23.2 Å². The highest BCUT2D eigenvalue weighted by atomic mass is 35.5. The van der Waals surface area contributed by atoms with Crippen LogP contribution in [0.15, 0.2) is 0 Å². The molecule has 0 aliphatic carbocycles. The van der Waals surface area contributed by atoms with E-state index in [2.05, 4.69) is 33.3 Å². The van der Waals surface area contributed by atoms with Gasteiger partial charge in [-0.15, -0.1) is 0 Å². The second-order valence-electron chi connectivity index (χ2n) is 9.87. The van der Waals surface area contributed by atoms with Crippen LogP contribution in [-0.2, 0) is 23.9 Å². The lowest BCUT2D eigenvalue weighted by Crippen LogP contribution is -2.40. The summed E-state index contributed by atoms with van der Waals surface area (Å²) in [4.78, 5) is 50.9. The number of cyclic esters (lactones) is 2. The molecule has 2 rings (SSSR count). The molecule has 39 heavy (non-hydrogen) atoms. The number of amides is 2. The van der Waals surface area contributed by atoms with Crippen molar-refractivity contribution in [1.29, 1.82) is 0 Å². The standard InChI is InChI=1S/C7H11NO3.C6H14N2O2.C6H13NO2.C4H8O.CCl2O/c1-4(2)3-5-6(9)11-7(10)8-5;1-4(2)3-5(8-10)6(7)9;1-4(2)3-5(7)6(8)9;1-2-4-5-3-1;2-1(3)4/h4-5H,3H2,1-2H3,(H,8,10);4-5,8,10H,3H2,1-2H3,(H2,7,9);4-5H,3,7H2,1-2H3,(H,8,9);1-4H2;/t3*5-;;/m000../s1. The molecule has 2 aliphatic heterocycles. The number of hydrogen-bond donors (Lipinski definition) is 6. The molecule has 230 valence electrons. The number of carboxylic acid groups (broad SMARTS) is 1. The lowest BCUT2D eigenvalue weighted by Gasteiger charge is -2.12. The Morgan fingerprint density at radius 2 is 1.46 bits per heavy atom. The Hall–Kier alpha value is -2.03. The van der Waals surface area contributed by atoms with Crippen LogP contribution in [0.3, 0.4) is 0 Å². The molecular formula is C24H46Cl2N4O9. The molecule has 2 fully saturated rings. The lowest BCUT2D eigenvalue weighted by atomic mass is 10.0. The number of hydrogen-bond acceptors (Lipinski definition) is 10. The molecule has 15 heteroatoms. The van der Waals surface area contributed by atoms with E-state index in [1.54, 1.807) is 0 Å². The van der Waals surface area contributed by atoms with Crippen LogP contribution in [0.5, 0.6) is 0 Å². The molecule has 0 aromatic carbocycles. The summed E-state index contributed by atoms with van der Waals surface area (Å²) < 4.78 is 8.34. The summed E-state index contributed by atoms with van der Waals surface area (Å²) in [5.74, 6) is -0.803. The van der Waals surface area contributed by atoms with Crippen molar-refractivity contribution in [2.75, 3.05) is 13.2 Å². The van der Waals surface area contributed by atoms with Crippen LogP contribution in [-0.4, -0.2) is 70.3 Å². The normalized spacial score (nSPS) is 17.1. The van der Waals surface area contributed by atoms with Crippen LogP contribution < -0.4 is 22.3 Å². The minimum absolute atomic E-state index is 0.345. The molecule has 0 aromatic heterocycles. The molecule has 2 heterocycles. The zero-order valence-corrected chi connectivity index (χ0v) is 25.1. The first-order valence-electron chi connectivity index (χ1n) is 12.6. The number of esters is 1. The van der Waals surface area contributed by atoms with Gasteiger partial charge >= 0.3 is 22.7 Å². The zero-order chi connectivity index (χ0) is 31.1. The maximum Gasteiger partial charge on any atom is 0.415 e. The highest BCUT2D eigenvalue weighted by molar-refractivity contribution is 6.93. The van der Waals surface area contributed by atoms with Gasteiger partial charge in [-0.25, -0.2) is 9.59 Å². The fourth-order valence-electron chi connectivity index (χ4n) is 2.84. The van der Waals surface area contributed by atoms with Gasteiger partial charge in [-0.3, -0.25) is 14.4 Å². The highest BCUT2D eigenvalue weighted by Gasteiger charge is 2.32. The highest BCUT2D eigenvalue weighted by Crippen LogP contribution is 2.10. The number of rotatable bonds is 9. The third-order valence-electron chi connectivity index (χ3n) is 4.55. The number of alkyl carbamates (subject to hydrolysis) is 1. The first kappa shape index (κ1) is 41.5. The first-order chi connectivity index (χ1) is 17.9. The van der Waals surface area contributed by atoms with Crippen molar-refractivity contribution in [3.8, 4) is 0 Å². The van der Waals surface area contributed by atoms with Crippen molar-refractivity contribution in [3.63, 3.8) is 0 Å². The number of halogens is 2. The van der Waals surface area contributed by atoms with Gasteiger partial charge in [0.25, 0.3) is 0 Å². The van der Waals surface area contributed by atoms with Gasteiger partial charge < -0.3 is 36.6 Å². The van der Waals surface area contributed by atoms with E-state index >= 15 is 0 Å². The summed E-state index contributed by atoms with van der Waals surface area (Å²) >= 11 is 8.80. The van der Waals surface area contributed by atoms with Crippen LogP contribution in [0.2, 0.25) is 0 Å². The van der Waals surface area contributed by atoms with Gasteiger partial charge in [0, 0.05) is 13.2 Å². The molecule has 2 saturated heterocycles. The second-order valence-corrected chi connectivity index (χ2v) is 10.7. The number of primary amides is 1. The Balaban J connectivity index is -0.000000433. The number of carboxylic acids is 1. The molecule has 0 unspecified atom stereocenters. The molecule has 0 bridgehead atoms. The number of carbonyl (C=O) groups is 5. The van der Waals surface area contributed by atoms with E-state index in [1.807, 2.05) is 47.0 Å². The SMILES string of the molecule is C1CCOC1.CC(C)C[C@@H]1NC(=O)OC1=O.CC(C)C[C@H](N)C(=O)O.CC(C)C[C@H](NO)C(N)=O.O=C(Cl)Cl. The Kier molecular flexibility index (Phi) is 26.5. The molecule has 3 atom stereocenters. The van der Waals surface area contributed by atoms with Crippen molar-refractivity contribution in [2.24, 2.45) is 29.2 Å². The summed E-state index contributed by atoms with van der Waals surface area (Å²) in [7, 11) is 0. The van der Waals surface area contributed by atoms with Crippen molar-refractivity contribution in [2.45, 2.75) is 91.8 Å². The third-order valence-corrected chi connectivity index (χ3v) is 4.55. The monoisotopic (exact) mass is 604 g/mol. The number of hydroxylamine groups is 1. The number of nitrogens with one attached hydrogen (secondary N) is 2. The average Bonchev–Trinajstić information content (AvgIpc) is 3.45. The summed E-state index contributed by atoms with van der Waals surface area (Å²) in [5, 5.41) is 19.1. The quantitative estimate of drug-likeness (QED) is 0.0968. The van der Waals surface area contributed by atoms with Gasteiger partial charge in [-0.2, -0.15) is 5.48 Å². The van der Waals surface area contributed by atoms with Crippen molar-refractivity contribution >= 4 is 51.8 Å². The third kappa shape index (κ3) is 30.4. The maximum atomic E-state index is 10.8. The second kappa shape index (κ2) is 25.0. The molecule has 0 radical (unpaired) electrons. The molecule has 0 saturated carbocycles. The molecule has 2 amide bonds. The van der Waals surface area contributed by atoms with E-state index in [0.29, 0.717) is 37.0 Å². The van der Waals surface area contributed by atoms with E-state index in [-0.39, 0.29) is 0 Å². The van der Waals surface area contributed by atoms with E-state index in [4.69, 9.17) is 31.3 Å². The van der Waals surface area contributed by atoms with Crippen LogP contribution in [0, 0.1) is 17.8 Å². The van der Waals surface area contributed by atoms with E-state index in [0.717, 1.165) is 13.2 Å². The van der Waals surface area contributed by atoms with Gasteiger partial charge in [0.05, 0.1) is 0 Å². The number of aliphatic carboxylic acids is 1. The average molecular weight is 606 g/mol. The van der Waals surface area contributed by atoms with Crippen LogP contribution in [0.1, 0.15) is 73.6 Å². The number of carbonyl (C=O) groups excluding carboxylic acids is 4. The summed E-state index contributed by atoms with van der Waals surface area (Å²) in [6.07, 6.45) is 3.69. The van der Waals surface area contributed by atoms with E-state index < -0.39 is 46.8 Å². The Morgan fingerprint density at radius 3 is 1.64 bits per heavy atom. The Bertz CT molecular complexity index is 710. The predicted octanol–water partition coefficient (Wildman–Crippen LogP) is 3.36. The first-order valence-corrected chi connectivity index (χ1v) is 13.3. The molecule has 13 nitrogen and oxygen atoms in total. The minimum Gasteiger partial charge on any atom is -0.480 e. The fraction of sp³-hybridized carbons (Fsp3) is 0.792. The largest absolute Gasteiger partial charge is 0.480 e. The van der Waals surface area contributed by atoms with Crippen LogP contribution in [0.25, 0.3) is 0 Å². The van der Waals surface area contributed by atoms with Crippen molar-refractivity contribution in [1.82, 2.24) is 10.8 Å². The van der Waals surface area contributed by atoms with E-state index in [9.17, 15) is 19.2 Å². The molecule has 0 spiro atoms. The maximum absolute atomic E-state index is 10.8. The van der Waals surface area contributed by atoms with Gasteiger partial charge in [0.2, 0.25) is 5.91 Å². The van der Waals surface area contributed by atoms with Crippen molar-refractivity contribution < 1.29 is 43.8 Å². The number of nitrogens with two attached hydrogens (primary N) is 2. The predicted molar refractivity (Wildman–Crippen MR) is 147 cm³/mol. The molecular weight excluding hydrogens is 559 g/mol. The lowest BCUT2D eigenvalue weighted by molar-refractivity contribution is -0.139. The molecule has 8 N–H and O–H groups in total. The van der Waals surface area contributed by atoms with Gasteiger partial charge in [-0.1, -0.05) is 41.5 Å². The van der Waals surface area contributed by atoms with Gasteiger partial charge in [0.15, 0.2) is 0 Å². The fourth-order valence-corrected chi connectivity index (χ4v) is 2.84. The summed E-state index contributed by atoms with van der Waals surface area (Å²) in [5.41, 5.74) is 12.0. The van der Waals surface area contributed by atoms with Gasteiger partial charge in [-0.05, 0) is 73.1 Å². The zero-order valence-electron chi connectivity index (χ0n) is 23.6. The molecule has 2 aliphatic rings. The molecule has 0 aromatic rings. The Labute approximate surface area is 240 Å². The van der Waals surface area contributed by atoms with Crippen LogP contribution in [0.4, 0.5) is 9.59 Å². The Morgan fingerprint density at radius 1 is 1.00 bits per heavy atom.